The van der Waals surface area contributed by atoms with Crippen LogP contribution in [0.2, 0.25) is 0 Å². The maximum absolute atomic E-state index is 13.3. The number of fused-ring (bicyclic) bond motifs is 1. The first kappa shape index (κ1) is 19.9. The number of carbonyl (C=O) groups excluding carboxylic acids is 1. The molecule has 2 aromatic carbocycles. The molecule has 0 saturated heterocycles. The monoisotopic (exact) mass is 400 g/mol. The molecular weight excluding hydrogens is 376 g/mol. The molecule has 0 aliphatic carbocycles. The van der Waals surface area contributed by atoms with E-state index in [1.54, 1.807) is 50.4 Å². The lowest BCUT2D eigenvalue weighted by Crippen LogP contribution is -2.17. The fourth-order valence-electron chi connectivity index (χ4n) is 3.43. The van der Waals surface area contributed by atoms with E-state index in [9.17, 15) is 18.3 Å². The molecule has 1 aromatic heterocycles. The minimum Gasteiger partial charge on any atom is -0.508 e. The van der Waals surface area contributed by atoms with Gasteiger partial charge in [-0.15, -0.1) is 0 Å². The summed E-state index contributed by atoms with van der Waals surface area (Å²) in [5.74, 6) is 0.0152. The molecule has 0 bridgehead atoms. The normalized spacial score (nSPS) is 11.7. The minimum atomic E-state index is -3.80. The Morgan fingerprint density at radius 1 is 1.11 bits per heavy atom. The highest BCUT2D eigenvalue weighted by Crippen LogP contribution is 2.33. The Morgan fingerprint density at radius 2 is 1.79 bits per heavy atom. The van der Waals surface area contributed by atoms with Crippen molar-refractivity contribution < 1.29 is 18.3 Å². The second-order valence-electron chi connectivity index (χ2n) is 6.87. The van der Waals surface area contributed by atoms with Crippen molar-refractivity contribution in [2.24, 2.45) is 0 Å². The van der Waals surface area contributed by atoms with E-state index in [4.69, 9.17) is 0 Å². The van der Waals surface area contributed by atoms with Gasteiger partial charge in [-0.2, -0.15) is 0 Å². The Hall–Kier alpha value is -2.80. The first-order valence-corrected chi connectivity index (χ1v) is 10.6. The van der Waals surface area contributed by atoms with Gasteiger partial charge in [-0.25, -0.2) is 12.4 Å². The quantitative estimate of drug-likeness (QED) is 0.665. The summed E-state index contributed by atoms with van der Waals surface area (Å²) in [6, 6.07) is 11.4. The molecule has 1 heterocycles. The van der Waals surface area contributed by atoms with Crippen LogP contribution in [-0.4, -0.2) is 30.5 Å². The topological polar surface area (TPSA) is 88.4 Å². The van der Waals surface area contributed by atoms with Crippen LogP contribution in [-0.2, 0) is 21.2 Å². The third-order valence-electron chi connectivity index (χ3n) is 4.93. The van der Waals surface area contributed by atoms with Gasteiger partial charge in [0.15, 0.2) is 0 Å². The molecule has 6 nitrogen and oxygen atoms in total. The second-order valence-corrected chi connectivity index (χ2v) is 8.66. The average Bonchev–Trinajstić information content (AvgIpc) is 2.93. The maximum Gasteiger partial charge on any atom is 0.268 e. The summed E-state index contributed by atoms with van der Waals surface area (Å²) in [5, 5.41) is 13.2. The molecule has 0 radical (unpaired) electrons. The molecule has 3 rings (SSSR count). The molecule has 148 valence electrons. The van der Waals surface area contributed by atoms with E-state index in [2.05, 4.69) is 5.32 Å². The number of benzene rings is 2. The number of phenols is 1. The largest absolute Gasteiger partial charge is 0.508 e. The van der Waals surface area contributed by atoms with Crippen LogP contribution in [0, 0.1) is 13.8 Å². The number of hydrogen-bond donors (Lipinski definition) is 2. The van der Waals surface area contributed by atoms with Gasteiger partial charge in [0.25, 0.3) is 10.0 Å². The zero-order chi connectivity index (χ0) is 20.5. The summed E-state index contributed by atoms with van der Waals surface area (Å²) in [4.78, 5) is 11.7. The predicted octanol–water partition coefficient (Wildman–Crippen LogP) is 3.27. The van der Waals surface area contributed by atoms with Crippen molar-refractivity contribution >= 4 is 26.8 Å². The van der Waals surface area contributed by atoms with Crippen LogP contribution in [0.3, 0.4) is 0 Å². The molecular formula is C21H24N2O4S. The highest BCUT2D eigenvalue weighted by atomic mass is 32.2. The van der Waals surface area contributed by atoms with Crippen LogP contribution in [0.5, 0.6) is 5.75 Å². The number of nitrogens with zero attached hydrogens (tertiary/aromatic N) is 1. The fraction of sp³-hybridized carbons (Fsp3) is 0.286. The van der Waals surface area contributed by atoms with Crippen LogP contribution >= 0.6 is 0 Å². The van der Waals surface area contributed by atoms with Gasteiger partial charge in [-0.05, 0) is 62.6 Å². The molecule has 28 heavy (non-hydrogen) atoms. The molecule has 0 aliphatic rings. The third kappa shape index (κ3) is 3.62. The van der Waals surface area contributed by atoms with E-state index in [-0.39, 0.29) is 16.6 Å². The Labute approximate surface area is 164 Å². The SMILES string of the molecule is CNC(=O)CCCc1c(C)n(S(=O)(=O)c2ccc(C)cc2)c2ccc(O)cc12. The summed E-state index contributed by atoms with van der Waals surface area (Å²) in [7, 11) is -2.21. The van der Waals surface area contributed by atoms with Gasteiger partial charge >= 0.3 is 0 Å². The molecule has 2 N–H and O–H groups in total. The molecule has 1 amide bonds. The Morgan fingerprint density at radius 3 is 2.43 bits per heavy atom. The highest BCUT2D eigenvalue weighted by molar-refractivity contribution is 7.90. The lowest BCUT2D eigenvalue weighted by atomic mass is 10.0. The lowest BCUT2D eigenvalue weighted by molar-refractivity contribution is -0.120. The average molecular weight is 401 g/mol. The fourth-order valence-corrected chi connectivity index (χ4v) is 5.01. The second kappa shape index (κ2) is 7.67. The zero-order valence-electron chi connectivity index (χ0n) is 16.2. The van der Waals surface area contributed by atoms with Gasteiger partial charge in [0, 0.05) is 24.5 Å². The highest BCUT2D eigenvalue weighted by Gasteiger charge is 2.25. The van der Waals surface area contributed by atoms with Gasteiger partial charge in [0.05, 0.1) is 10.4 Å². The number of aromatic hydroxyl groups is 1. The Balaban J connectivity index is 2.14. The minimum absolute atomic E-state index is 0.0588. The van der Waals surface area contributed by atoms with E-state index in [0.717, 1.165) is 11.1 Å². The number of amides is 1. The molecule has 3 aromatic rings. The number of rotatable bonds is 6. The molecule has 0 atom stereocenters. The number of aryl methyl sites for hydroxylation is 2. The smallest absolute Gasteiger partial charge is 0.268 e. The lowest BCUT2D eigenvalue weighted by Gasteiger charge is -2.11. The van der Waals surface area contributed by atoms with Crippen molar-refractivity contribution in [2.45, 2.75) is 38.0 Å². The summed E-state index contributed by atoms with van der Waals surface area (Å²) in [6.07, 6.45) is 1.47. The molecule has 7 heteroatoms. The van der Waals surface area contributed by atoms with E-state index in [0.29, 0.717) is 35.9 Å². The first-order valence-electron chi connectivity index (χ1n) is 9.11. The van der Waals surface area contributed by atoms with E-state index < -0.39 is 10.0 Å². The summed E-state index contributed by atoms with van der Waals surface area (Å²) in [5.41, 5.74) is 2.92. The van der Waals surface area contributed by atoms with Crippen LogP contribution in [0.25, 0.3) is 10.9 Å². The van der Waals surface area contributed by atoms with Gasteiger partial charge in [-0.1, -0.05) is 17.7 Å². The van der Waals surface area contributed by atoms with Crippen molar-refractivity contribution in [1.29, 1.82) is 0 Å². The van der Waals surface area contributed by atoms with Crippen LogP contribution in [0.15, 0.2) is 47.4 Å². The summed E-state index contributed by atoms with van der Waals surface area (Å²) in [6.45, 7) is 3.66. The number of carbonyl (C=O) groups is 1. The maximum atomic E-state index is 13.3. The van der Waals surface area contributed by atoms with Gasteiger partial charge < -0.3 is 10.4 Å². The van der Waals surface area contributed by atoms with Crippen LogP contribution < -0.4 is 5.32 Å². The molecule has 0 fully saturated rings. The summed E-state index contributed by atoms with van der Waals surface area (Å²) < 4.78 is 28.0. The van der Waals surface area contributed by atoms with Gasteiger partial charge in [0.1, 0.15) is 5.75 Å². The van der Waals surface area contributed by atoms with Crippen LogP contribution in [0.1, 0.15) is 29.7 Å². The number of nitrogens with one attached hydrogen (secondary N) is 1. The van der Waals surface area contributed by atoms with E-state index in [1.165, 1.54) is 10.0 Å². The van der Waals surface area contributed by atoms with Gasteiger partial charge in [0.2, 0.25) is 5.91 Å². The Bertz CT molecular complexity index is 1130. The zero-order valence-corrected chi connectivity index (χ0v) is 17.0. The van der Waals surface area contributed by atoms with Crippen LogP contribution in [0.4, 0.5) is 0 Å². The first-order chi connectivity index (χ1) is 13.3. The predicted molar refractivity (Wildman–Crippen MR) is 109 cm³/mol. The van der Waals surface area contributed by atoms with E-state index >= 15 is 0 Å². The van der Waals surface area contributed by atoms with E-state index in [1.807, 2.05) is 6.92 Å². The van der Waals surface area contributed by atoms with Crippen molar-refractivity contribution in [2.75, 3.05) is 7.05 Å². The standard InChI is InChI=1S/C21H24N2O4S/c1-14-7-10-17(11-8-14)28(26,27)23-15(2)18(5-4-6-21(25)22-3)19-13-16(24)9-12-20(19)23/h7-13,24H,4-6H2,1-3H3,(H,22,25). The third-order valence-corrected chi connectivity index (χ3v) is 6.75. The van der Waals surface area contributed by atoms with Crippen molar-refractivity contribution in [1.82, 2.24) is 9.29 Å². The molecule has 0 spiro atoms. The van der Waals surface area contributed by atoms with Crippen molar-refractivity contribution in [3.05, 3.63) is 59.3 Å². The number of phenolic OH excluding ortho intramolecular Hbond substituents is 1. The molecule has 0 unspecified atom stereocenters. The number of aromatic nitrogens is 1. The van der Waals surface area contributed by atoms with Crippen molar-refractivity contribution in [3.8, 4) is 5.75 Å². The van der Waals surface area contributed by atoms with Gasteiger partial charge in [-0.3, -0.25) is 4.79 Å². The number of hydrogen-bond acceptors (Lipinski definition) is 4. The molecule has 0 aliphatic heterocycles. The summed E-state index contributed by atoms with van der Waals surface area (Å²) >= 11 is 0. The molecule has 0 saturated carbocycles. The Kier molecular flexibility index (Phi) is 5.47. The van der Waals surface area contributed by atoms with Crippen molar-refractivity contribution in [3.63, 3.8) is 0 Å².